The zero-order valence-corrected chi connectivity index (χ0v) is 18.4. The van der Waals surface area contributed by atoms with Crippen molar-refractivity contribution in [1.29, 1.82) is 0 Å². The van der Waals surface area contributed by atoms with Gasteiger partial charge in [0.2, 0.25) is 0 Å². The highest BCUT2D eigenvalue weighted by atomic mass is 35.5. The zero-order chi connectivity index (χ0) is 21.1. The Morgan fingerprint density at radius 1 is 1.10 bits per heavy atom. The summed E-state index contributed by atoms with van der Waals surface area (Å²) < 4.78 is 0. The van der Waals surface area contributed by atoms with E-state index in [2.05, 4.69) is 34.5 Å². The lowest BCUT2D eigenvalue weighted by molar-refractivity contribution is 0.102. The van der Waals surface area contributed by atoms with Gasteiger partial charge in [-0.25, -0.2) is 4.99 Å². The Kier molecular flexibility index (Phi) is 6.02. The number of nitrogens with zero attached hydrogens (tertiary/aromatic N) is 2. The highest BCUT2D eigenvalue weighted by Gasteiger charge is 2.24. The number of fused-ring (bicyclic) bond motifs is 1. The molecule has 0 saturated heterocycles. The van der Waals surface area contributed by atoms with Gasteiger partial charge in [-0.3, -0.25) is 4.79 Å². The maximum absolute atomic E-state index is 13.2. The normalized spacial score (nSPS) is 12.8. The molecule has 0 unspecified atom stereocenters. The number of anilines is 2. The summed E-state index contributed by atoms with van der Waals surface area (Å²) in [7, 11) is 4.02. The van der Waals surface area contributed by atoms with Gasteiger partial charge in [0.15, 0.2) is 0 Å². The summed E-state index contributed by atoms with van der Waals surface area (Å²) in [6, 6.07) is 15.4. The first-order chi connectivity index (χ1) is 14.5. The van der Waals surface area contributed by atoms with Crippen molar-refractivity contribution in [3.63, 3.8) is 0 Å². The number of benzene rings is 2. The van der Waals surface area contributed by atoms with E-state index < -0.39 is 0 Å². The van der Waals surface area contributed by atoms with E-state index in [4.69, 9.17) is 16.6 Å². The van der Waals surface area contributed by atoms with Crippen molar-refractivity contribution >= 4 is 51.4 Å². The van der Waals surface area contributed by atoms with E-state index in [9.17, 15) is 4.79 Å². The average molecular weight is 436 g/mol. The molecule has 0 atom stereocenters. The minimum absolute atomic E-state index is 0.175. The van der Waals surface area contributed by atoms with Gasteiger partial charge < -0.3 is 10.2 Å². The molecule has 1 aliphatic rings. The smallest absolute Gasteiger partial charge is 0.259 e. The second-order valence-electron chi connectivity index (χ2n) is 7.24. The molecule has 1 amide bonds. The number of allylic oxidation sites excluding steroid dienone is 2. The Morgan fingerprint density at radius 2 is 1.83 bits per heavy atom. The Bertz CT molecular complexity index is 1130. The van der Waals surface area contributed by atoms with Gasteiger partial charge >= 0.3 is 0 Å². The summed E-state index contributed by atoms with van der Waals surface area (Å²) in [6.45, 7) is 0. The maximum Gasteiger partial charge on any atom is 0.259 e. The summed E-state index contributed by atoms with van der Waals surface area (Å²) in [5, 5.41) is 4.20. The summed E-state index contributed by atoms with van der Waals surface area (Å²) in [5.41, 5.74) is 4.42. The third-order valence-corrected chi connectivity index (χ3v) is 6.45. The van der Waals surface area contributed by atoms with E-state index >= 15 is 0 Å². The molecule has 1 aromatic heterocycles. The molecule has 2 aromatic carbocycles. The molecule has 0 bridgehead atoms. The molecule has 0 spiro atoms. The van der Waals surface area contributed by atoms with Crippen LogP contribution in [0, 0.1) is 0 Å². The molecule has 4 nitrogen and oxygen atoms in total. The zero-order valence-electron chi connectivity index (χ0n) is 16.9. The number of hydrogen-bond donors (Lipinski definition) is 1. The van der Waals surface area contributed by atoms with E-state index in [1.807, 2.05) is 44.6 Å². The molecule has 6 heteroatoms. The molecule has 1 aliphatic carbocycles. The molecular formula is C24H22ClN3OS. The van der Waals surface area contributed by atoms with E-state index in [0.717, 1.165) is 34.7 Å². The summed E-state index contributed by atoms with van der Waals surface area (Å²) >= 11 is 7.81. The molecule has 4 rings (SSSR count). The molecule has 0 saturated carbocycles. The quantitative estimate of drug-likeness (QED) is 0.387. The lowest BCUT2D eigenvalue weighted by Crippen LogP contribution is -2.14. The maximum atomic E-state index is 13.2. The minimum Gasteiger partial charge on any atom is -0.378 e. The topological polar surface area (TPSA) is 44.7 Å². The largest absolute Gasteiger partial charge is 0.378 e. The minimum atomic E-state index is -0.175. The number of thiophene rings is 1. The van der Waals surface area contributed by atoms with E-state index in [1.54, 1.807) is 23.5 Å². The molecule has 1 N–H and O–H groups in total. The van der Waals surface area contributed by atoms with Crippen LogP contribution in [-0.2, 0) is 12.8 Å². The first kappa shape index (κ1) is 20.4. The van der Waals surface area contributed by atoms with Crippen LogP contribution in [0.3, 0.4) is 0 Å². The van der Waals surface area contributed by atoms with Crippen molar-refractivity contribution < 1.29 is 4.79 Å². The number of amides is 1. The van der Waals surface area contributed by atoms with E-state index in [-0.39, 0.29) is 5.91 Å². The fraction of sp³-hybridized carbons (Fsp3) is 0.167. The fourth-order valence-electron chi connectivity index (χ4n) is 3.33. The Morgan fingerprint density at radius 3 is 2.57 bits per heavy atom. The predicted molar refractivity (Wildman–Crippen MR) is 128 cm³/mol. The number of nitrogens with one attached hydrogen (secondary N) is 1. The van der Waals surface area contributed by atoms with Crippen molar-refractivity contribution in [3.8, 4) is 0 Å². The van der Waals surface area contributed by atoms with Crippen molar-refractivity contribution in [2.45, 2.75) is 12.8 Å². The van der Waals surface area contributed by atoms with Crippen LogP contribution >= 0.6 is 22.9 Å². The van der Waals surface area contributed by atoms with Crippen LogP contribution in [0.1, 0.15) is 26.4 Å². The van der Waals surface area contributed by atoms with Gasteiger partial charge in [0.05, 0.1) is 16.3 Å². The molecular weight excluding hydrogens is 414 g/mol. The van der Waals surface area contributed by atoms with Gasteiger partial charge in [-0.2, -0.15) is 0 Å². The van der Waals surface area contributed by atoms with Gasteiger partial charge in [0, 0.05) is 37.3 Å². The van der Waals surface area contributed by atoms with E-state index in [1.165, 1.54) is 4.88 Å². The highest BCUT2D eigenvalue weighted by Crippen LogP contribution is 2.39. The summed E-state index contributed by atoms with van der Waals surface area (Å²) in [5.74, 6) is -0.175. The van der Waals surface area contributed by atoms with Crippen molar-refractivity contribution in [2.75, 3.05) is 24.3 Å². The van der Waals surface area contributed by atoms with Crippen molar-refractivity contribution in [3.05, 3.63) is 87.3 Å². The van der Waals surface area contributed by atoms with Crippen LogP contribution < -0.4 is 10.2 Å². The predicted octanol–water partition coefficient (Wildman–Crippen LogP) is 6.13. The Hall–Kier alpha value is -2.89. The van der Waals surface area contributed by atoms with Crippen molar-refractivity contribution in [2.24, 2.45) is 4.99 Å². The van der Waals surface area contributed by atoms with Gasteiger partial charge in [-0.15, -0.1) is 11.3 Å². The fourth-order valence-corrected chi connectivity index (χ4v) is 4.66. The molecule has 152 valence electrons. The number of para-hydroxylation sites is 1. The lowest BCUT2D eigenvalue weighted by Gasteiger charge is -2.11. The second kappa shape index (κ2) is 8.86. The van der Waals surface area contributed by atoms with Gasteiger partial charge in [-0.05, 0) is 41.8 Å². The third kappa shape index (κ3) is 4.32. The van der Waals surface area contributed by atoms with Crippen LogP contribution in [0.5, 0.6) is 0 Å². The van der Waals surface area contributed by atoms with E-state index in [0.29, 0.717) is 16.3 Å². The van der Waals surface area contributed by atoms with Crippen LogP contribution in [0.4, 0.5) is 16.4 Å². The van der Waals surface area contributed by atoms with Gasteiger partial charge in [0.25, 0.3) is 5.91 Å². The molecule has 30 heavy (non-hydrogen) atoms. The second-order valence-corrected chi connectivity index (χ2v) is 8.73. The molecule has 0 fully saturated rings. The number of rotatable bonds is 5. The van der Waals surface area contributed by atoms with Crippen LogP contribution in [0.2, 0.25) is 5.02 Å². The number of carbonyl (C=O) groups excluding carboxylic acids is 1. The number of aliphatic imine (C=N–C) groups is 1. The van der Waals surface area contributed by atoms with Crippen LogP contribution in [-0.4, -0.2) is 26.2 Å². The van der Waals surface area contributed by atoms with Gasteiger partial charge in [-0.1, -0.05) is 48.0 Å². The lowest BCUT2D eigenvalue weighted by atomic mass is 10.0. The number of hydrogen-bond acceptors (Lipinski definition) is 4. The average Bonchev–Trinajstić information content (AvgIpc) is 3.12. The highest BCUT2D eigenvalue weighted by molar-refractivity contribution is 7.16. The first-order valence-electron chi connectivity index (χ1n) is 9.70. The summed E-state index contributed by atoms with van der Waals surface area (Å²) in [4.78, 5) is 21.1. The Labute approximate surface area is 185 Å². The Balaban J connectivity index is 1.65. The molecule has 0 aliphatic heterocycles. The standard InChI is InChI=1S/C24H22ClN3OS/c1-28(2)17-13-11-16(12-14-17)15-26-24-22(18-7-3-6-10-21(18)30-24)23(29)27-20-9-5-4-8-19(20)25/h3-6,8-9,11-15H,7,10H2,1-2H3,(H,27,29)/b26-15+. The number of halogens is 1. The SMILES string of the molecule is CN(C)c1ccc(/C=N/c2sc3c(c2C(=O)Nc2ccccc2Cl)CC=CC3)cc1. The van der Waals surface area contributed by atoms with Gasteiger partial charge in [0.1, 0.15) is 5.00 Å². The number of carbonyl (C=O) groups is 1. The van der Waals surface area contributed by atoms with Crippen LogP contribution in [0.15, 0.2) is 65.7 Å². The monoisotopic (exact) mass is 435 g/mol. The molecule has 0 radical (unpaired) electrons. The summed E-state index contributed by atoms with van der Waals surface area (Å²) in [6.07, 6.45) is 7.64. The first-order valence-corrected chi connectivity index (χ1v) is 10.9. The van der Waals surface area contributed by atoms with Crippen LogP contribution in [0.25, 0.3) is 0 Å². The molecule has 3 aromatic rings. The molecule has 1 heterocycles. The third-order valence-electron chi connectivity index (χ3n) is 4.95. The van der Waals surface area contributed by atoms with Crippen molar-refractivity contribution in [1.82, 2.24) is 0 Å².